The summed E-state index contributed by atoms with van der Waals surface area (Å²) in [6, 6.07) is 0.246. The molecule has 116 valence electrons. The van der Waals surface area contributed by atoms with Gasteiger partial charge in [0.05, 0.1) is 12.0 Å². The van der Waals surface area contributed by atoms with Crippen LogP contribution in [0.2, 0.25) is 0 Å². The summed E-state index contributed by atoms with van der Waals surface area (Å²) in [5.74, 6) is 0.0862. The van der Waals surface area contributed by atoms with Gasteiger partial charge in [-0.25, -0.2) is 0 Å². The summed E-state index contributed by atoms with van der Waals surface area (Å²) in [6.45, 7) is 9.66. The van der Waals surface area contributed by atoms with Crippen LogP contribution < -0.4 is 5.73 Å². The van der Waals surface area contributed by atoms with Crippen molar-refractivity contribution >= 4 is 18.4 Å². The largest absolute Gasteiger partial charge is 0.381 e. The van der Waals surface area contributed by atoms with Gasteiger partial charge in [0, 0.05) is 19.4 Å². The number of ketones is 1. The SMILES string of the molecule is CC(=O)C1C=CC(C)N=C1.CCCOCCC.NC=O. The van der Waals surface area contributed by atoms with Gasteiger partial charge in [-0.15, -0.1) is 0 Å². The zero-order valence-electron chi connectivity index (χ0n) is 13.0. The molecular formula is C15H28N2O3. The maximum atomic E-state index is 10.8. The highest BCUT2D eigenvalue weighted by Gasteiger charge is 2.10. The lowest BCUT2D eigenvalue weighted by Gasteiger charge is -2.09. The summed E-state index contributed by atoms with van der Waals surface area (Å²) < 4.78 is 5.13. The molecule has 5 heteroatoms. The first kappa shape index (κ1) is 20.8. The van der Waals surface area contributed by atoms with Crippen molar-refractivity contribution in [3.63, 3.8) is 0 Å². The van der Waals surface area contributed by atoms with Gasteiger partial charge < -0.3 is 10.5 Å². The van der Waals surface area contributed by atoms with Crippen LogP contribution >= 0.6 is 0 Å². The maximum absolute atomic E-state index is 10.8. The topological polar surface area (TPSA) is 81.8 Å². The third-order valence-electron chi connectivity index (χ3n) is 2.25. The number of carbonyl (C=O) groups is 2. The molecule has 20 heavy (non-hydrogen) atoms. The van der Waals surface area contributed by atoms with Crippen molar-refractivity contribution in [1.82, 2.24) is 0 Å². The van der Waals surface area contributed by atoms with Crippen LogP contribution in [0.15, 0.2) is 17.1 Å². The van der Waals surface area contributed by atoms with Gasteiger partial charge in [0.1, 0.15) is 5.78 Å². The standard InChI is InChI=1S/C8H11NO.C6H14O.CH3NO/c1-6-3-4-8(5-9-6)7(2)10;1-3-5-7-6-4-2;2-1-3/h3-6,8H,1-2H3;3-6H2,1-2H3;1H,(H2,2,3). The number of hydrogen-bond acceptors (Lipinski definition) is 4. The van der Waals surface area contributed by atoms with Gasteiger partial charge in [-0.2, -0.15) is 0 Å². The number of amides is 1. The number of rotatable bonds is 5. The van der Waals surface area contributed by atoms with Crippen LogP contribution in [0.5, 0.6) is 0 Å². The summed E-state index contributed by atoms with van der Waals surface area (Å²) in [7, 11) is 0. The Morgan fingerprint density at radius 3 is 2.10 bits per heavy atom. The minimum Gasteiger partial charge on any atom is -0.381 e. The summed E-state index contributed by atoms with van der Waals surface area (Å²) >= 11 is 0. The number of Topliss-reactive ketones (excluding diaryl/α,β-unsaturated/α-hetero) is 1. The van der Waals surface area contributed by atoms with Gasteiger partial charge in [0.15, 0.2) is 0 Å². The Balaban J connectivity index is 0. The molecule has 5 nitrogen and oxygen atoms in total. The molecule has 0 saturated heterocycles. The highest BCUT2D eigenvalue weighted by Crippen LogP contribution is 2.06. The Labute approximate surface area is 122 Å². The van der Waals surface area contributed by atoms with E-state index in [9.17, 15) is 4.79 Å². The average Bonchev–Trinajstić information content (AvgIpc) is 2.41. The van der Waals surface area contributed by atoms with Crippen molar-refractivity contribution < 1.29 is 14.3 Å². The molecule has 0 fully saturated rings. The second-order valence-electron chi connectivity index (χ2n) is 4.31. The molecule has 0 spiro atoms. The van der Waals surface area contributed by atoms with Gasteiger partial charge >= 0.3 is 0 Å². The van der Waals surface area contributed by atoms with E-state index in [-0.39, 0.29) is 24.2 Å². The zero-order chi connectivity index (χ0) is 15.8. The van der Waals surface area contributed by atoms with Gasteiger partial charge in [0.25, 0.3) is 0 Å². The molecule has 0 radical (unpaired) electrons. The first-order valence-corrected chi connectivity index (χ1v) is 6.98. The molecule has 0 aromatic carbocycles. The quantitative estimate of drug-likeness (QED) is 0.477. The van der Waals surface area contributed by atoms with Crippen LogP contribution in [0.25, 0.3) is 0 Å². The van der Waals surface area contributed by atoms with Gasteiger partial charge in [0.2, 0.25) is 6.41 Å². The van der Waals surface area contributed by atoms with E-state index >= 15 is 0 Å². The molecule has 1 amide bonds. The Morgan fingerprint density at radius 1 is 1.30 bits per heavy atom. The second-order valence-corrected chi connectivity index (χ2v) is 4.31. The molecule has 1 heterocycles. The van der Waals surface area contributed by atoms with Crippen LogP contribution in [-0.4, -0.2) is 37.7 Å². The molecule has 1 rings (SSSR count). The third kappa shape index (κ3) is 14.6. The highest BCUT2D eigenvalue weighted by atomic mass is 16.5. The van der Waals surface area contributed by atoms with E-state index < -0.39 is 0 Å². The number of primary amides is 1. The summed E-state index contributed by atoms with van der Waals surface area (Å²) in [5, 5.41) is 0. The normalized spacial score (nSPS) is 19.2. The average molecular weight is 284 g/mol. The Bertz CT molecular complexity index is 283. The number of dihydropyridines is 1. The minimum absolute atomic E-state index is 0.0730. The van der Waals surface area contributed by atoms with Gasteiger partial charge in [-0.05, 0) is 26.7 Å². The Kier molecular flexibility index (Phi) is 16.2. The summed E-state index contributed by atoms with van der Waals surface area (Å²) in [6.07, 6.45) is 8.10. The molecule has 1 aliphatic rings. The molecule has 2 atom stereocenters. The van der Waals surface area contributed by atoms with Gasteiger partial charge in [-0.1, -0.05) is 26.0 Å². The number of nitrogens with zero attached hydrogens (tertiary/aromatic N) is 1. The molecule has 2 N–H and O–H groups in total. The Morgan fingerprint density at radius 2 is 1.80 bits per heavy atom. The third-order valence-corrected chi connectivity index (χ3v) is 2.25. The Hall–Kier alpha value is -1.49. The van der Waals surface area contributed by atoms with Crippen molar-refractivity contribution in [2.24, 2.45) is 16.6 Å². The second kappa shape index (κ2) is 15.6. The number of aliphatic imine (C=N–C) groups is 1. The van der Waals surface area contributed by atoms with Crippen molar-refractivity contribution in [3.05, 3.63) is 12.2 Å². The fraction of sp³-hybridized carbons (Fsp3) is 0.667. The molecular weight excluding hydrogens is 256 g/mol. The van der Waals surface area contributed by atoms with E-state index in [4.69, 9.17) is 9.53 Å². The monoisotopic (exact) mass is 284 g/mol. The molecule has 0 saturated carbocycles. The van der Waals surface area contributed by atoms with E-state index in [1.54, 1.807) is 13.1 Å². The first-order chi connectivity index (χ1) is 9.53. The fourth-order valence-electron chi connectivity index (χ4n) is 1.24. The first-order valence-electron chi connectivity index (χ1n) is 6.98. The van der Waals surface area contributed by atoms with Gasteiger partial charge in [-0.3, -0.25) is 14.6 Å². The minimum atomic E-state index is -0.0730. The predicted octanol–water partition coefficient (Wildman–Crippen LogP) is 2.15. The van der Waals surface area contributed by atoms with Crippen LogP contribution in [0.1, 0.15) is 40.5 Å². The number of nitrogens with two attached hydrogens (primary N) is 1. The highest BCUT2D eigenvalue weighted by molar-refractivity contribution is 5.95. The predicted molar refractivity (Wildman–Crippen MR) is 82.9 cm³/mol. The maximum Gasteiger partial charge on any atom is 0.204 e. The lowest BCUT2D eigenvalue weighted by molar-refractivity contribution is -0.117. The van der Waals surface area contributed by atoms with Crippen LogP contribution in [0.4, 0.5) is 0 Å². The lowest BCUT2D eigenvalue weighted by Crippen LogP contribution is -2.14. The number of hydrogen-bond donors (Lipinski definition) is 1. The van der Waals surface area contributed by atoms with Crippen molar-refractivity contribution in [1.29, 1.82) is 0 Å². The van der Waals surface area contributed by atoms with E-state index in [0.29, 0.717) is 0 Å². The number of allylic oxidation sites excluding steroid dienone is 1. The number of ether oxygens (including phenoxy) is 1. The van der Waals surface area contributed by atoms with Crippen LogP contribution in [-0.2, 0) is 14.3 Å². The van der Waals surface area contributed by atoms with Crippen LogP contribution in [0, 0.1) is 5.92 Å². The van der Waals surface area contributed by atoms with E-state index in [1.165, 1.54) is 0 Å². The molecule has 0 aliphatic carbocycles. The van der Waals surface area contributed by atoms with Crippen molar-refractivity contribution in [3.8, 4) is 0 Å². The summed E-state index contributed by atoms with van der Waals surface area (Å²) in [4.78, 5) is 23.4. The lowest BCUT2D eigenvalue weighted by atomic mass is 10.0. The van der Waals surface area contributed by atoms with E-state index in [2.05, 4.69) is 24.6 Å². The smallest absolute Gasteiger partial charge is 0.204 e. The fourth-order valence-corrected chi connectivity index (χ4v) is 1.24. The summed E-state index contributed by atoms with van der Waals surface area (Å²) in [5.41, 5.74) is 4.17. The molecule has 1 aliphatic heterocycles. The van der Waals surface area contributed by atoms with Crippen molar-refractivity contribution in [2.45, 2.75) is 46.6 Å². The molecule has 0 aromatic heterocycles. The van der Waals surface area contributed by atoms with E-state index in [0.717, 1.165) is 26.1 Å². The molecule has 0 bridgehead atoms. The van der Waals surface area contributed by atoms with E-state index in [1.807, 2.05) is 19.1 Å². The number of carbonyl (C=O) groups excluding carboxylic acids is 2. The van der Waals surface area contributed by atoms with Crippen LogP contribution in [0.3, 0.4) is 0 Å². The molecule has 2 unspecified atom stereocenters. The zero-order valence-corrected chi connectivity index (χ0v) is 13.0. The van der Waals surface area contributed by atoms with Crippen molar-refractivity contribution in [2.75, 3.05) is 13.2 Å². The molecule has 0 aromatic rings.